The number of hydrogen-bond donors (Lipinski definition) is 2. The molecule has 0 bridgehead atoms. The Morgan fingerprint density at radius 3 is 2.56 bits per heavy atom. The first-order valence-corrected chi connectivity index (χ1v) is 8.04. The van der Waals surface area contributed by atoms with Gasteiger partial charge in [-0.2, -0.15) is 13.2 Å². The van der Waals surface area contributed by atoms with Crippen LogP contribution in [0.15, 0.2) is 48.5 Å². The van der Waals surface area contributed by atoms with Crippen molar-refractivity contribution in [2.75, 3.05) is 16.8 Å². The minimum Gasteiger partial charge on any atom is -0.333 e. The number of carbonyl (C=O) groups excluding carboxylic acids is 2. The lowest BCUT2D eigenvalue weighted by Gasteiger charge is -2.18. The average Bonchev–Trinajstić information content (AvgIpc) is 2.94. The standard InChI is InChI=1S/C18H15F4N3O2/c19-11-4-3-5-13(8-11)25-10-12(9-16(25)26)23-17(27)24-15-7-2-1-6-14(15)18(20,21)22/h1-8,12H,9-10H2,(H2,23,24,27). The van der Waals surface area contributed by atoms with Crippen LogP contribution in [0.4, 0.5) is 33.7 Å². The third-order valence-electron chi connectivity index (χ3n) is 4.06. The zero-order valence-corrected chi connectivity index (χ0v) is 13.9. The molecule has 0 spiro atoms. The summed E-state index contributed by atoms with van der Waals surface area (Å²) in [6, 6.07) is 8.58. The van der Waals surface area contributed by atoms with Gasteiger partial charge in [0, 0.05) is 18.7 Å². The summed E-state index contributed by atoms with van der Waals surface area (Å²) < 4.78 is 52.2. The lowest BCUT2D eigenvalue weighted by Crippen LogP contribution is -2.40. The van der Waals surface area contributed by atoms with E-state index in [9.17, 15) is 27.2 Å². The van der Waals surface area contributed by atoms with Crippen LogP contribution < -0.4 is 15.5 Å². The van der Waals surface area contributed by atoms with Crippen molar-refractivity contribution in [1.82, 2.24) is 5.32 Å². The zero-order chi connectivity index (χ0) is 19.6. The number of amides is 3. The van der Waals surface area contributed by atoms with E-state index >= 15 is 0 Å². The van der Waals surface area contributed by atoms with Crippen LogP contribution in [0, 0.1) is 5.82 Å². The Morgan fingerprint density at radius 2 is 1.85 bits per heavy atom. The molecule has 0 saturated carbocycles. The molecule has 9 heteroatoms. The lowest BCUT2D eigenvalue weighted by molar-refractivity contribution is -0.136. The number of carbonyl (C=O) groups is 2. The molecule has 2 aromatic carbocycles. The SMILES string of the molecule is O=C(Nc1ccccc1C(F)(F)F)NC1CC(=O)N(c2cccc(F)c2)C1. The topological polar surface area (TPSA) is 61.4 Å². The summed E-state index contributed by atoms with van der Waals surface area (Å²) in [6.07, 6.45) is -4.65. The first-order chi connectivity index (χ1) is 12.7. The van der Waals surface area contributed by atoms with Gasteiger partial charge in [-0.3, -0.25) is 4.79 Å². The molecule has 1 aliphatic heterocycles. The van der Waals surface area contributed by atoms with Gasteiger partial charge in [0.25, 0.3) is 0 Å². The Hall–Kier alpha value is -3.10. The third kappa shape index (κ3) is 4.36. The maximum atomic E-state index is 13.3. The Bertz CT molecular complexity index is 870. The second kappa shape index (κ2) is 7.26. The molecule has 3 amide bonds. The number of para-hydroxylation sites is 1. The summed E-state index contributed by atoms with van der Waals surface area (Å²) in [5.41, 5.74) is -0.995. The van der Waals surface area contributed by atoms with Gasteiger partial charge in [0.2, 0.25) is 5.91 Å². The maximum Gasteiger partial charge on any atom is 0.418 e. The van der Waals surface area contributed by atoms with E-state index in [-0.39, 0.29) is 24.6 Å². The van der Waals surface area contributed by atoms with Crippen molar-refractivity contribution in [3.63, 3.8) is 0 Å². The first kappa shape index (κ1) is 18.7. The molecule has 1 saturated heterocycles. The van der Waals surface area contributed by atoms with Gasteiger partial charge < -0.3 is 15.5 Å². The molecule has 0 aromatic heterocycles. The molecule has 3 rings (SSSR count). The molecule has 2 aromatic rings. The van der Waals surface area contributed by atoms with Crippen LogP contribution in [0.2, 0.25) is 0 Å². The number of nitrogens with one attached hydrogen (secondary N) is 2. The minimum absolute atomic E-state index is 0.0369. The molecule has 0 aliphatic carbocycles. The van der Waals surface area contributed by atoms with Crippen LogP contribution in [0.1, 0.15) is 12.0 Å². The van der Waals surface area contributed by atoms with Crippen molar-refractivity contribution < 1.29 is 27.2 Å². The van der Waals surface area contributed by atoms with Gasteiger partial charge >= 0.3 is 12.2 Å². The van der Waals surface area contributed by atoms with E-state index in [2.05, 4.69) is 10.6 Å². The van der Waals surface area contributed by atoms with Crippen LogP contribution >= 0.6 is 0 Å². The van der Waals surface area contributed by atoms with Crippen molar-refractivity contribution in [3.05, 3.63) is 59.9 Å². The smallest absolute Gasteiger partial charge is 0.333 e. The summed E-state index contributed by atoms with van der Waals surface area (Å²) in [6.45, 7) is 0.0939. The number of alkyl halides is 3. The number of urea groups is 1. The molecule has 27 heavy (non-hydrogen) atoms. The van der Waals surface area contributed by atoms with Crippen LogP contribution in [-0.4, -0.2) is 24.5 Å². The number of benzene rings is 2. The quantitative estimate of drug-likeness (QED) is 0.795. The monoisotopic (exact) mass is 381 g/mol. The minimum atomic E-state index is -4.61. The molecular weight excluding hydrogens is 366 g/mol. The summed E-state index contributed by atoms with van der Waals surface area (Å²) in [5.74, 6) is -0.820. The van der Waals surface area contributed by atoms with E-state index in [1.54, 1.807) is 6.07 Å². The summed E-state index contributed by atoms with van der Waals surface area (Å²) >= 11 is 0. The molecular formula is C18H15F4N3O2. The highest BCUT2D eigenvalue weighted by Crippen LogP contribution is 2.34. The van der Waals surface area contributed by atoms with Gasteiger partial charge in [-0.05, 0) is 30.3 Å². The molecule has 1 aliphatic rings. The highest BCUT2D eigenvalue weighted by atomic mass is 19.4. The van der Waals surface area contributed by atoms with E-state index < -0.39 is 29.6 Å². The summed E-state index contributed by atoms with van der Waals surface area (Å²) in [7, 11) is 0. The maximum absolute atomic E-state index is 13.3. The summed E-state index contributed by atoms with van der Waals surface area (Å²) in [5, 5.41) is 4.64. The fourth-order valence-corrected chi connectivity index (χ4v) is 2.88. The number of halogens is 4. The number of nitrogens with zero attached hydrogens (tertiary/aromatic N) is 1. The van der Waals surface area contributed by atoms with Gasteiger partial charge in [0.05, 0.1) is 17.3 Å². The van der Waals surface area contributed by atoms with E-state index in [1.807, 2.05) is 0 Å². The lowest BCUT2D eigenvalue weighted by atomic mass is 10.1. The number of anilines is 2. The van der Waals surface area contributed by atoms with Crippen molar-refractivity contribution in [2.24, 2.45) is 0 Å². The Kier molecular flexibility index (Phi) is 5.02. The van der Waals surface area contributed by atoms with Crippen LogP contribution in [0.3, 0.4) is 0 Å². The van der Waals surface area contributed by atoms with Crippen molar-refractivity contribution in [2.45, 2.75) is 18.6 Å². The van der Waals surface area contributed by atoms with Crippen LogP contribution in [-0.2, 0) is 11.0 Å². The van der Waals surface area contributed by atoms with E-state index in [4.69, 9.17) is 0 Å². The highest BCUT2D eigenvalue weighted by molar-refractivity contribution is 5.97. The summed E-state index contributed by atoms with van der Waals surface area (Å²) in [4.78, 5) is 25.5. The van der Waals surface area contributed by atoms with E-state index in [0.717, 1.165) is 12.1 Å². The zero-order valence-electron chi connectivity index (χ0n) is 13.9. The molecule has 1 atom stereocenters. The number of rotatable bonds is 3. The Labute approximate surface area is 152 Å². The predicted octanol–water partition coefficient (Wildman–Crippen LogP) is 3.77. The Balaban J connectivity index is 1.65. The molecule has 0 radical (unpaired) electrons. The van der Waals surface area contributed by atoms with Gasteiger partial charge in [-0.1, -0.05) is 18.2 Å². The average molecular weight is 381 g/mol. The molecule has 142 valence electrons. The predicted molar refractivity (Wildman–Crippen MR) is 90.8 cm³/mol. The van der Waals surface area contributed by atoms with Crippen LogP contribution in [0.25, 0.3) is 0 Å². The first-order valence-electron chi connectivity index (χ1n) is 8.04. The fourth-order valence-electron chi connectivity index (χ4n) is 2.88. The van der Waals surface area contributed by atoms with E-state index in [0.29, 0.717) is 5.69 Å². The normalized spacial score (nSPS) is 17.1. The largest absolute Gasteiger partial charge is 0.418 e. The fraction of sp³-hybridized carbons (Fsp3) is 0.222. The highest BCUT2D eigenvalue weighted by Gasteiger charge is 2.35. The molecule has 1 unspecified atom stereocenters. The molecule has 2 N–H and O–H groups in total. The Morgan fingerprint density at radius 1 is 1.11 bits per heavy atom. The second-order valence-corrected chi connectivity index (χ2v) is 6.03. The molecule has 5 nitrogen and oxygen atoms in total. The van der Waals surface area contributed by atoms with Crippen molar-refractivity contribution >= 4 is 23.3 Å². The van der Waals surface area contributed by atoms with Crippen LogP contribution in [0.5, 0.6) is 0 Å². The van der Waals surface area contributed by atoms with Crippen molar-refractivity contribution in [3.8, 4) is 0 Å². The van der Waals surface area contributed by atoms with Gasteiger partial charge in [-0.25, -0.2) is 9.18 Å². The molecule has 1 fully saturated rings. The van der Waals surface area contributed by atoms with Gasteiger partial charge in [-0.15, -0.1) is 0 Å². The molecule has 1 heterocycles. The van der Waals surface area contributed by atoms with Gasteiger partial charge in [0.1, 0.15) is 5.82 Å². The number of hydrogen-bond acceptors (Lipinski definition) is 2. The second-order valence-electron chi connectivity index (χ2n) is 6.03. The van der Waals surface area contributed by atoms with E-state index in [1.165, 1.54) is 35.2 Å². The van der Waals surface area contributed by atoms with Crippen molar-refractivity contribution in [1.29, 1.82) is 0 Å². The third-order valence-corrected chi connectivity index (χ3v) is 4.06. The van der Waals surface area contributed by atoms with Gasteiger partial charge in [0.15, 0.2) is 0 Å².